The highest BCUT2D eigenvalue weighted by Gasteiger charge is 2.21. The van der Waals surface area contributed by atoms with Gasteiger partial charge in [-0.1, -0.05) is 13.8 Å². The zero-order valence-corrected chi connectivity index (χ0v) is 15.2. The molecule has 128 valence electrons. The molecular weight excluding hydrogens is 362 g/mol. The number of ether oxygens (including phenoxy) is 1. The fourth-order valence-electron chi connectivity index (χ4n) is 2.65. The molecule has 1 aliphatic rings. The molecule has 1 aromatic heterocycles. The molecule has 0 spiro atoms. The van der Waals surface area contributed by atoms with Crippen LogP contribution in [0, 0.1) is 5.92 Å². The smallest absolute Gasteiger partial charge is 0.251 e. The molecule has 0 aromatic carbocycles. The Morgan fingerprint density at radius 1 is 1.48 bits per heavy atom. The van der Waals surface area contributed by atoms with Gasteiger partial charge in [-0.2, -0.15) is 0 Å². The number of carbonyl (C=O) groups is 1. The van der Waals surface area contributed by atoms with Gasteiger partial charge in [-0.25, -0.2) is 0 Å². The molecule has 1 atom stereocenters. The van der Waals surface area contributed by atoms with E-state index >= 15 is 0 Å². The van der Waals surface area contributed by atoms with Gasteiger partial charge in [0.2, 0.25) is 5.91 Å². The maximum absolute atomic E-state index is 12.0. The van der Waals surface area contributed by atoms with Crippen molar-refractivity contribution in [3.8, 4) is 0 Å². The number of rotatable bonds is 6. The van der Waals surface area contributed by atoms with E-state index in [0.29, 0.717) is 19.1 Å². The van der Waals surface area contributed by atoms with Crippen molar-refractivity contribution in [1.29, 1.82) is 0 Å². The van der Waals surface area contributed by atoms with Crippen molar-refractivity contribution in [1.82, 2.24) is 14.8 Å². The molecule has 1 unspecified atom stereocenters. The number of carbonyl (C=O) groups excluding carboxylic acids is 1. The fourth-order valence-corrected chi connectivity index (χ4v) is 3.03. The van der Waals surface area contributed by atoms with Crippen molar-refractivity contribution in [2.45, 2.75) is 26.5 Å². The summed E-state index contributed by atoms with van der Waals surface area (Å²) in [7, 11) is 0. The molecule has 7 heteroatoms. The van der Waals surface area contributed by atoms with Crippen LogP contribution in [0.2, 0.25) is 0 Å². The number of nitrogens with one attached hydrogen (secondary N) is 1. The van der Waals surface area contributed by atoms with Gasteiger partial charge in [0.15, 0.2) is 0 Å². The number of hydrogen-bond donors (Lipinski definition) is 1. The largest absolute Gasteiger partial charge is 0.374 e. The van der Waals surface area contributed by atoms with E-state index < -0.39 is 0 Å². The Kier molecular flexibility index (Phi) is 6.80. The molecule has 1 amide bonds. The summed E-state index contributed by atoms with van der Waals surface area (Å²) in [5.41, 5.74) is -0.194. The number of pyridine rings is 1. The molecule has 0 saturated carbocycles. The number of aromatic nitrogens is 1. The highest BCUT2D eigenvalue weighted by molar-refractivity contribution is 9.10. The van der Waals surface area contributed by atoms with Crippen LogP contribution < -0.4 is 10.9 Å². The highest BCUT2D eigenvalue weighted by Crippen LogP contribution is 2.07. The lowest BCUT2D eigenvalue weighted by molar-refractivity contribution is -0.123. The van der Waals surface area contributed by atoms with E-state index in [1.807, 2.05) is 0 Å². The first-order chi connectivity index (χ1) is 10.9. The number of amides is 1. The molecule has 1 fully saturated rings. The van der Waals surface area contributed by atoms with Gasteiger partial charge in [0.1, 0.15) is 6.54 Å². The summed E-state index contributed by atoms with van der Waals surface area (Å²) in [6.07, 6.45) is 1.62. The number of morpholine rings is 1. The predicted octanol–water partition coefficient (Wildman–Crippen LogP) is 1.08. The first kappa shape index (κ1) is 18.2. The Bertz CT molecular complexity index is 588. The number of hydrogen-bond acceptors (Lipinski definition) is 4. The van der Waals surface area contributed by atoms with Crippen LogP contribution in [-0.2, 0) is 16.1 Å². The lowest BCUT2D eigenvalue weighted by Crippen LogP contribution is -2.48. The van der Waals surface area contributed by atoms with Crippen LogP contribution in [0.25, 0.3) is 0 Å². The molecule has 1 aromatic rings. The van der Waals surface area contributed by atoms with E-state index in [9.17, 15) is 9.59 Å². The lowest BCUT2D eigenvalue weighted by atomic mass is 10.2. The molecule has 1 aliphatic heterocycles. The first-order valence-electron chi connectivity index (χ1n) is 7.90. The zero-order valence-electron chi connectivity index (χ0n) is 13.6. The summed E-state index contributed by atoms with van der Waals surface area (Å²) in [6, 6.07) is 3.10. The third kappa shape index (κ3) is 6.08. The molecule has 2 heterocycles. The van der Waals surface area contributed by atoms with Gasteiger partial charge in [0.05, 0.1) is 12.7 Å². The van der Waals surface area contributed by atoms with Gasteiger partial charge < -0.3 is 14.6 Å². The zero-order chi connectivity index (χ0) is 16.8. The van der Waals surface area contributed by atoms with E-state index in [2.05, 4.69) is 40.0 Å². The lowest BCUT2D eigenvalue weighted by Gasteiger charge is -2.33. The van der Waals surface area contributed by atoms with Crippen LogP contribution in [0.4, 0.5) is 0 Å². The summed E-state index contributed by atoms with van der Waals surface area (Å²) in [5.74, 6) is 0.432. The van der Waals surface area contributed by atoms with E-state index in [-0.39, 0.29) is 24.1 Å². The molecule has 0 bridgehead atoms. The van der Waals surface area contributed by atoms with Gasteiger partial charge in [-0.05, 0) is 27.9 Å². The summed E-state index contributed by atoms with van der Waals surface area (Å²) in [5, 5.41) is 2.86. The number of nitrogens with zero attached hydrogens (tertiary/aromatic N) is 2. The van der Waals surface area contributed by atoms with Gasteiger partial charge >= 0.3 is 0 Å². The third-order valence-corrected chi connectivity index (χ3v) is 4.10. The summed E-state index contributed by atoms with van der Waals surface area (Å²) < 4.78 is 7.85. The SMILES string of the molecule is CC(C)CN1CCOC(CNC(=O)Cn2cc(Br)ccc2=O)C1. The van der Waals surface area contributed by atoms with Crippen molar-refractivity contribution in [3.05, 3.63) is 33.2 Å². The standard InChI is InChI=1S/C16H24BrN3O3/c1-12(2)8-19-5-6-23-14(10-19)7-18-15(21)11-20-9-13(17)3-4-16(20)22/h3-4,9,12,14H,5-8,10-11H2,1-2H3,(H,18,21). The molecule has 0 radical (unpaired) electrons. The molecule has 2 rings (SSSR count). The van der Waals surface area contributed by atoms with E-state index in [1.54, 1.807) is 12.3 Å². The van der Waals surface area contributed by atoms with Crippen LogP contribution in [0.3, 0.4) is 0 Å². The quantitative estimate of drug-likeness (QED) is 0.795. The Hall–Kier alpha value is -1.18. The second-order valence-corrected chi connectivity index (χ2v) is 7.18. The molecular formula is C16H24BrN3O3. The van der Waals surface area contributed by atoms with Crippen molar-refractivity contribution in [3.63, 3.8) is 0 Å². The Morgan fingerprint density at radius 3 is 3.00 bits per heavy atom. The summed E-state index contributed by atoms with van der Waals surface area (Å²) in [4.78, 5) is 26.1. The van der Waals surface area contributed by atoms with Crippen molar-refractivity contribution in [2.24, 2.45) is 5.92 Å². The Labute approximate surface area is 144 Å². The van der Waals surface area contributed by atoms with Crippen molar-refractivity contribution < 1.29 is 9.53 Å². The maximum atomic E-state index is 12.0. The van der Waals surface area contributed by atoms with E-state index in [0.717, 1.165) is 24.1 Å². The summed E-state index contributed by atoms with van der Waals surface area (Å²) >= 11 is 3.30. The molecule has 6 nitrogen and oxygen atoms in total. The molecule has 0 aliphatic carbocycles. The molecule has 1 N–H and O–H groups in total. The second kappa shape index (κ2) is 8.61. The van der Waals surface area contributed by atoms with Crippen LogP contribution in [0.1, 0.15) is 13.8 Å². The minimum atomic E-state index is -0.194. The summed E-state index contributed by atoms with van der Waals surface area (Å²) in [6.45, 7) is 8.38. The van der Waals surface area contributed by atoms with Crippen LogP contribution in [0.15, 0.2) is 27.6 Å². The van der Waals surface area contributed by atoms with Gasteiger partial charge in [-0.15, -0.1) is 0 Å². The predicted molar refractivity (Wildman–Crippen MR) is 92.4 cm³/mol. The second-order valence-electron chi connectivity index (χ2n) is 6.26. The van der Waals surface area contributed by atoms with Gasteiger partial charge in [0.25, 0.3) is 5.56 Å². The van der Waals surface area contributed by atoms with E-state index in [1.165, 1.54) is 10.6 Å². The minimum absolute atomic E-state index is 0.00526. The highest BCUT2D eigenvalue weighted by atomic mass is 79.9. The van der Waals surface area contributed by atoms with Gasteiger partial charge in [-0.3, -0.25) is 14.5 Å². The van der Waals surface area contributed by atoms with Gasteiger partial charge in [0, 0.05) is 42.9 Å². The Balaban J connectivity index is 1.80. The van der Waals surface area contributed by atoms with Crippen molar-refractivity contribution in [2.75, 3.05) is 32.8 Å². The average molecular weight is 386 g/mol. The van der Waals surface area contributed by atoms with Crippen LogP contribution >= 0.6 is 15.9 Å². The van der Waals surface area contributed by atoms with E-state index in [4.69, 9.17) is 4.74 Å². The molecule has 23 heavy (non-hydrogen) atoms. The normalized spacial score (nSPS) is 19.0. The minimum Gasteiger partial charge on any atom is -0.374 e. The number of halogens is 1. The molecule has 1 saturated heterocycles. The fraction of sp³-hybridized carbons (Fsp3) is 0.625. The topological polar surface area (TPSA) is 63.6 Å². The third-order valence-electron chi connectivity index (χ3n) is 3.63. The first-order valence-corrected chi connectivity index (χ1v) is 8.70. The van der Waals surface area contributed by atoms with Crippen LogP contribution in [0.5, 0.6) is 0 Å². The maximum Gasteiger partial charge on any atom is 0.251 e. The average Bonchev–Trinajstić information content (AvgIpc) is 2.49. The Morgan fingerprint density at radius 2 is 2.26 bits per heavy atom. The monoisotopic (exact) mass is 385 g/mol. The van der Waals surface area contributed by atoms with Crippen LogP contribution in [-0.4, -0.2) is 54.3 Å². The van der Waals surface area contributed by atoms with Crippen molar-refractivity contribution >= 4 is 21.8 Å².